The molecule has 2 fully saturated rings. The molecule has 1 unspecified atom stereocenters. The number of halogens is 5. The van der Waals surface area contributed by atoms with Crippen LogP contribution < -0.4 is 15.4 Å². The fourth-order valence-corrected chi connectivity index (χ4v) is 8.61. The molecule has 3 aromatic heterocycles. The van der Waals surface area contributed by atoms with Gasteiger partial charge in [0.05, 0.1) is 27.2 Å². The van der Waals surface area contributed by atoms with Crippen LogP contribution >= 0.6 is 11.8 Å². The predicted molar refractivity (Wildman–Crippen MR) is 213 cm³/mol. The molecular weight excluding hydrogens is 760 g/mol. The number of rotatable bonds is 10. The van der Waals surface area contributed by atoms with Crippen LogP contribution in [0.3, 0.4) is 0 Å². The van der Waals surface area contributed by atoms with Crippen molar-refractivity contribution in [3.63, 3.8) is 0 Å². The normalized spacial score (nSPS) is 17.6. The second kappa shape index (κ2) is 17.5. The molecule has 0 spiro atoms. The number of alkyl halides is 3. The van der Waals surface area contributed by atoms with Crippen LogP contribution in [-0.2, 0) is 12.6 Å². The molecule has 0 saturated carbocycles. The maximum absolute atomic E-state index is 16.9. The van der Waals surface area contributed by atoms with Crippen molar-refractivity contribution in [1.29, 1.82) is 0 Å². The van der Waals surface area contributed by atoms with Crippen LogP contribution in [0.2, 0.25) is 0 Å². The SMILES string of the molecule is C#Cc1c(F)ccc2cccc(-c3nc4c5c(nc(OCC67CCCN6CCC7)nc5c3F)NC(CNCCCC)CCC4)c12.CSc1cc(C(F)(F)F)ncn1. The smallest absolute Gasteiger partial charge is 0.433 e. The van der Waals surface area contributed by atoms with E-state index in [-0.39, 0.29) is 34.4 Å². The van der Waals surface area contributed by atoms with Gasteiger partial charge >= 0.3 is 12.2 Å². The molecule has 8 rings (SSSR count). The summed E-state index contributed by atoms with van der Waals surface area (Å²) in [5, 5.41) is 9.24. The minimum absolute atomic E-state index is 0.00512. The number of hydrogen-bond acceptors (Lipinski definition) is 10. The first-order valence-electron chi connectivity index (χ1n) is 19.4. The van der Waals surface area contributed by atoms with E-state index >= 15 is 4.39 Å². The van der Waals surface area contributed by atoms with Gasteiger partial charge in [-0.15, -0.1) is 18.2 Å². The number of ether oxygens (including phenoxy) is 1. The Morgan fingerprint density at radius 2 is 1.86 bits per heavy atom. The van der Waals surface area contributed by atoms with E-state index in [0.29, 0.717) is 45.9 Å². The van der Waals surface area contributed by atoms with Crippen LogP contribution in [-0.4, -0.2) is 80.4 Å². The van der Waals surface area contributed by atoms with Crippen molar-refractivity contribution in [2.45, 2.75) is 87.5 Å². The Morgan fingerprint density at radius 1 is 1.05 bits per heavy atom. The third-order valence-electron chi connectivity index (χ3n) is 11.1. The lowest BCUT2D eigenvalue weighted by Crippen LogP contribution is -2.43. The summed E-state index contributed by atoms with van der Waals surface area (Å²) in [7, 11) is 0. The number of thioether (sulfide) groups is 1. The molecule has 2 saturated heterocycles. The van der Waals surface area contributed by atoms with Gasteiger partial charge in [-0.1, -0.05) is 43.5 Å². The summed E-state index contributed by atoms with van der Waals surface area (Å²) in [6, 6.07) is 9.61. The Balaban J connectivity index is 0.000000356. The van der Waals surface area contributed by atoms with Gasteiger partial charge in [0, 0.05) is 29.6 Å². The Bertz CT molecular complexity index is 2270. The highest BCUT2D eigenvalue weighted by Crippen LogP contribution is 2.41. The number of nitrogens with one attached hydrogen (secondary N) is 2. The Morgan fingerprint density at radius 3 is 2.60 bits per heavy atom. The first kappa shape index (κ1) is 40.5. The van der Waals surface area contributed by atoms with E-state index in [9.17, 15) is 17.6 Å². The lowest BCUT2D eigenvalue weighted by Gasteiger charge is -2.31. The molecule has 0 amide bonds. The number of aromatic nitrogens is 5. The largest absolute Gasteiger partial charge is 0.461 e. The third-order valence-corrected chi connectivity index (χ3v) is 11.7. The molecular formula is C42H45F5N8OS. The van der Waals surface area contributed by atoms with Crippen molar-refractivity contribution in [2.24, 2.45) is 0 Å². The molecule has 1 atom stereocenters. The van der Waals surface area contributed by atoms with Gasteiger partial charge in [-0.3, -0.25) is 4.90 Å². The maximum atomic E-state index is 16.9. The van der Waals surface area contributed by atoms with Crippen molar-refractivity contribution in [1.82, 2.24) is 35.1 Å². The van der Waals surface area contributed by atoms with Crippen LogP contribution in [0.25, 0.3) is 32.9 Å². The third kappa shape index (κ3) is 8.63. The highest BCUT2D eigenvalue weighted by atomic mass is 32.2. The molecule has 2 N–H and O–H groups in total. The molecule has 6 heterocycles. The highest BCUT2D eigenvalue weighted by molar-refractivity contribution is 7.98. The molecule has 0 radical (unpaired) electrons. The van der Waals surface area contributed by atoms with Gasteiger partial charge in [0.25, 0.3) is 0 Å². The molecule has 300 valence electrons. The summed E-state index contributed by atoms with van der Waals surface area (Å²) in [5.41, 5.74) is 0.603. The average molecular weight is 805 g/mol. The van der Waals surface area contributed by atoms with Crippen LogP contribution in [0, 0.1) is 24.0 Å². The number of terminal acetylenes is 1. The Hall–Kier alpha value is -4.65. The topological polar surface area (TPSA) is 101 Å². The first-order valence-corrected chi connectivity index (χ1v) is 20.6. The summed E-state index contributed by atoms with van der Waals surface area (Å²) in [6.07, 6.45) is 13.0. The summed E-state index contributed by atoms with van der Waals surface area (Å²) in [5.74, 6) is 1.91. The monoisotopic (exact) mass is 804 g/mol. The van der Waals surface area contributed by atoms with Gasteiger partial charge in [0.2, 0.25) is 0 Å². The van der Waals surface area contributed by atoms with E-state index in [1.807, 2.05) is 12.1 Å². The zero-order valence-electron chi connectivity index (χ0n) is 32.0. The number of benzene rings is 2. The second-order valence-corrected chi connectivity index (χ2v) is 15.5. The number of hydrogen-bond donors (Lipinski definition) is 2. The molecule has 0 aliphatic carbocycles. The van der Waals surface area contributed by atoms with Crippen molar-refractivity contribution in [3.05, 3.63) is 71.3 Å². The zero-order chi connectivity index (χ0) is 40.2. The highest BCUT2D eigenvalue weighted by Gasteiger charge is 2.45. The van der Waals surface area contributed by atoms with Gasteiger partial charge in [-0.2, -0.15) is 23.1 Å². The van der Waals surface area contributed by atoms with Gasteiger partial charge in [-0.05, 0) is 88.7 Å². The number of unbranched alkanes of at least 4 members (excludes halogenated alkanes) is 1. The molecule has 5 aromatic rings. The molecule has 15 heteroatoms. The van der Waals surface area contributed by atoms with E-state index in [4.69, 9.17) is 26.1 Å². The Labute approximate surface area is 333 Å². The molecule has 0 bridgehead atoms. The number of anilines is 1. The lowest BCUT2D eigenvalue weighted by molar-refractivity contribution is -0.141. The molecule has 9 nitrogen and oxygen atoms in total. The van der Waals surface area contributed by atoms with Crippen molar-refractivity contribution < 1.29 is 26.7 Å². The van der Waals surface area contributed by atoms with E-state index < -0.39 is 23.5 Å². The number of pyridine rings is 1. The van der Waals surface area contributed by atoms with Crippen LogP contribution in [0.15, 0.2) is 47.8 Å². The van der Waals surface area contributed by atoms with Gasteiger partial charge in [0.15, 0.2) is 5.82 Å². The van der Waals surface area contributed by atoms with Crippen molar-refractivity contribution in [2.75, 3.05) is 44.4 Å². The molecule has 3 aliphatic heterocycles. The second-order valence-electron chi connectivity index (χ2n) is 14.7. The maximum Gasteiger partial charge on any atom is 0.433 e. The molecule has 2 aromatic carbocycles. The standard InChI is InChI=1S/C36H40F2N6O.C6H5F3N2S/c1-3-5-18-39-21-24-11-7-13-28-30-33(42-35(43-34(30)40-24)45-22-36-16-8-19-44(36)20-9-17-36)31(38)32(41-28)26-12-6-10-23-14-15-27(37)25(4-2)29(23)26;1-12-5-2-4(6(7,8)9)10-3-11-5/h2,6,10,12,14-15,24,39H,3,5,7-9,11,13,16-22H2,1H3,(H,40,42,43);2-3H,1H3. The van der Waals surface area contributed by atoms with Gasteiger partial charge < -0.3 is 15.4 Å². The molecule has 3 aliphatic rings. The quantitative estimate of drug-likeness (QED) is 0.0469. The number of fused-ring (bicyclic) bond motifs is 2. The van der Waals surface area contributed by atoms with E-state index in [1.54, 1.807) is 18.4 Å². The van der Waals surface area contributed by atoms with Crippen molar-refractivity contribution >= 4 is 39.3 Å². The Kier molecular flexibility index (Phi) is 12.4. The minimum Gasteiger partial charge on any atom is -0.461 e. The predicted octanol–water partition coefficient (Wildman–Crippen LogP) is 8.84. The fraction of sp³-hybridized carbons (Fsp3) is 0.452. The van der Waals surface area contributed by atoms with E-state index in [2.05, 4.69) is 38.3 Å². The van der Waals surface area contributed by atoms with Crippen LogP contribution in [0.4, 0.5) is 27.8 Å². The molecule has 57 heavy (non-hydrogen) atoms. The first-order chi connectivity index (χ1) is 27.5. The minimum atomic E-state index is -4.38. The lowest BCUT2D eigenvalue weighted by atomic mass is 9.95. The summed E-state index contributed by atoms with van der Waals surface area (Å²) in [6.45, 7) is 6.54. The number of aryl methyl sites for hydroxylation is 1. The summed E-state index contributed by atoms with van der Waals surface area (Å²) < 4.78 is 74.2. The van der Waals surface area contributed by atoms with Gasteiger partial charge in [-0.25, -0.2) is 23.7 Å². The number of nitrogens with zero attached hydrogens (tertiary/aromatic N) is 6. The van der Waals surface area contributed by atoms with E-state index in [0.717, 1.165) is 107 Å². The summed E-state index contributed by atoms with van der Waals surface area (Å²) in [4.78, 5) is 23.7. The van der Waals surface area contributed by atoms with Crippen LogP contribution in [0.5, 0.6) is 6.01 Å². The zero-order valence-corrected chi connectivity index (χ0v) is 32.8. The van der Waals surface area contributed by atoms with Gasteiger partial charge in [0.1, 0.15) is 41.5 Å². The van der Waals surface area contributed by atoms with E-state index in [1.165, 1.54) is 6.07 Å². The van der Waals surface area contributed by atoms with Crippen molar-refractivity contribution in [3.8, 4) is 29.6 Å². The summed E-state index contributed by atoms with van der Waals surface area (Å²) >= 11 is 1.15. The van der Waals surface area contributed by atoms with Crippen LogP contribution in [0.1, 0.15) is 75.2 Å². The fourth-order valence-electron chi connectivity index (χ4n) is 8.22. The average Bonchev–Trinajstić information content (AvgIpc) is 3.79.